The van der Waals surface area contributed by atoms with Gasteiger partial charge in [-0.15, -0.1) is 0 Å². The van der Waals surface area contributed by atoms with Crippen molar-refractivity contribution in [1.29, 1.82) is 0 Å². The Hall–Kier alpha value is -3.48. The summed E-state index contributed by atoms with van der Waals surface area (Å²) in [7, 11) is 1.58. The second kappa shape index (κ2) is 8.68. The molecule has 1 heterocycles. The monoisotopic (exact) mass is 395 g/mol. The van der Waals surface area contributed by atoms with E-state index in [-0.39, 0.29) is 5.56 Å². The second-order valence-corrected chi connectivity index (χ2v) is 6.76. The van der Waals surface area contributed by atoms with E-state index >= 15 is 0 Å². The molecule has 29 heavy (non-hydrogen) atoms. The van der Waals surface area contributed by atoms with Crippen LogP contribution >= 0.6 is 0 Å². The third-order valence-corrected chi connectivity index (χ3v) is 4.50. The fourth-order valence-corrected chi connectivity index (χ4v) is 3.02. The van der Waals surface area contributed by atoms with Crippen molar-refractivity contribution >= 4 is 11.6 Å². The number of benzene rings is 2. The van der Waals surface area contributed by atoms with Gasteiger partial charge in [0.05, 0.1) is 12.8 Å². The fourth-order valence-electron chi connectivity index (χ4n) is 3.02. The molecule has 1 amide bonds. The number of hydrogen-bond acceptors (Lipinski definition) is 4. The molecule has 150 valence electrons. The number of nitrogens with one attached hydrogen (secondary N) is 1. The Morgan fingerprint density at radius 1 is 1.21 bits per heavy atom. The number of rotatable bonds is 6. The van der Waals surface area contributed by atoms with Crippen molar-refractivity contribution in [3.05, 3.63) is 87.6 Å². The summed E-state index contributed by atoms with van der Waals surface area (Å²) in [5.74, 6) is -0.207. The quantitative estimate of drug-likeness (QED) is 0.693. The van der Waals surface area contributed by atoms with Crippen LogP contribution in [0.25, 0.3) is 0 Å². The van der Waals surface area contributed by atoms with Crippen LogP contribution in [0.4, 0.5) is 10.1 Å². The molecule has 0 aliphatic carbocycles. The van der Waals surface area contributed by atoms with Crippen LogP contribution in [0.1, 0.15) is 29.8 Å². The predicted molar refractivity (Wildman–Crippen MR) is 109 cm³/mol. The molecule has 0 fully saturated rings. The van der Waals surface area contributed by atoms with Gasteiger partial charge in [0.25, 0.3) is 5.56 Å². The second-order valence-electron chi connectivity index (χ2n) is 6.76. The van der Waals surface area contributed by atoms with Gasteiger partial charge in [-0.05, 0) is 55.8 Å². The zero-order valence-corrected chi connectivity index (χ0v) is 16.5. The minimum absolute atomic E-state index is 0.319. The van der Waals surface area contributed by atoms with Gasteiger partial charge in [0.15, 0.2) is 0 Å². The number of anilines is 1. The standard InChI is InChI=1S/C22H22FN3O3/c1-14-10-17(11-16-6-4-9-20(12-16)29-3)22(28)26(25-14)15(2)21(27)24-19-8-5-7-18(23)13-19/h4-10,12-13,15H,11H2,1-3H3,(H,24,27). The van der Waals surface area contributed by atoms with E-state index in [2.05, 4.69) is 10.4 Å². The topological polar surface area (TPSA) is 73.2 Å². The summed E-state index contributed by atoms with van der Waals surface area (Å²) in [6.07, 6.45) is 0.387. The largest absolute Gasteiger partial charge is 0.497 e. The van der Waals surface area contributed by atoms with Crippen LogP contribution in [0, 0.1) is 12.7 Å². The number of carbonyl (C=O) groups excluding carboxylic acids is 1. The molecular formula is C22H22FN3O3. The molecule has 0 bridgehead atoms. The van der Waals surface area contributed by atoms with Gasteiger partial charge in [-0.3, -0.25) is 9.59 Å². The van der Waals surface area contributed by atoms with Gasteiger partial charge in [-0.1, -0.05) is 18.2 Å². The lowest BCUT2D eigenvalue weighted by Crippen LogP contribution is -2.35. The number of halogens is 1. The molecule has 1 atom stereocenters. The first-order valence-electron chi connectivity index (χ1n) is 9.16. The van der Waals surface area contributed by atoms with Gasteiger partial charge < -0.3 is 10.1 Å². The number of amides is 1. The van der Waals surface area contributed by atoms with Crippen LogP contribution in [-0.2, 0) is 11.2 Å². The van der Waals surface area contributed by atoms with Gasteiger partial charge in [-0.2, -0.15) is 5.10 Å². The van der Waals surface area contributed by atoms with Crippen molar-refractivity contribution in [2.45, 2.75) is 26.3 Å². The summed E-state index contributed by atoms with van der Waals surface area (Å²) in [5, 5.41) is 6.85. The van der Waals surface area contributed by atoms with Crippen LogP contribution in [0.2, 0.25) is 0 Å². The molecule has 6 nitrogen and oxygen atoms in total. The van der Waals surface area contributed by atoms with Gasteiger partial charge in [0, 0.05) is 17.7 Å². The number of aromatic nitrogens is 2. The number of carbonyl (C=O) groups is 1. The number of methoxy groups -OCH3 is 1. The fraction of sp³-hybridized carbons (Fsp3) is 0.227. The SMILES string of the molecule is COc1cccc(Cc2cc(C)nn(C(C)C(=O)Nc3cccc(F)c3)c2=O)c1. The van der Waals surface area contributed by atoms with Crippen LogP contribution in [0.5, 0.6) is 5.75 Å². The van der Waals surface area contributed by atoms with Crippen molar-refractivity contribution in [2.75, 3.05) is 12.4 Å². The van der Waals surface area contributed by atoms with Crippen LogP contribution in [0.15, 0.2) is 59.4 Å². The highest BCUT2D eigenvalue weighted by atomic mass is 19.1. The van der Waals surface area contributed by atoms with Gasteiger partial charge >= 0.3 is 0 Å². The molecular weight excluding hydrogens is 373 g/mol. The normalized spacial score (nSPS) is 11.7. The van der Waals surface area contributed by atoms with Crippen LogP contribution in [0.3, 0.4) is 0 Å². The van der Waals surface area contributed by atoms with Gasteiger partial charge in [0.2, 0.25) is 5.91 Å². The Morgan fingerprint density at radius 3 is 2.69 bits per heavy atom. The molecule has 2 aromatic carbocycles. The number of hydrogen-bond donors (Lipinski definition) is 1. The highest BCUT2D eigenvalue weighted by molar-refractivity contribution is 5.93. The summed E-state index contributed by atoms with van der Waals surface area (Å²) >= 11 is 0. The highest BCUT2D eigenvalue weighted by Gasteiger charge is 2.20. The van der Waals surface area contributed by atoms with Crippen LogP contribution in [-0.4, -0.2) is 22.8 Å². The Bertz CT molecular complexity index is 1090. The average molecular weight is 395 g/mol. The van der Waals surface area contributed by atoms with E-state index in [1.807, 2.05) is 24.3 Å². The molecule has 1 N–H and O–H groups in total. The van der Waals surface area contributed by atoms with E-state index in [4.69, 9.17) is 4.74 Å². The molecule has 3 rings (SSSR count). The van der Waals surface area contributed by atoms with E-state index < -0.39 is 17.8 Å². The molecule has 0 saturated carbocycles. The Labute approximate surface area is 168 Å². The maximum absolute atomic E-state index is 13.3. The lowest BCUT2D eigenvalue weighted by Gasteiger charge is -2.16. The minimum Gasteiger partial charge on any atom is -0.497 e. The Morgan fingerprint density at radius 2 is 1.97 bits per heavy atom. The van der Waals surface area contributed by atoms with E-state index in [0.717, 1.165) is 5.56 Å². The molecule has 1 unspecified atom stereocenters. The van der Waals surface area contributed by atoms with E-state index in [0.29, 0.717) is 29.1 Å². The molecule has 0 saturated heterocycles. The maximum atomic E-state index is 13.3. The van der Waals surface area contributed by atoms with Crippen molar-refractivity contribution in [3.8, 4) is 5.75 Å². The zero-order valence-electron chi connectivity index (χ0n) is 16.5. The summed E-state index contributed by atoms with van der Waals surface area (Å²) in [5.41, 5.74) is 2.03. The van der Waals surface area contributed by atoms with Crippen molar-refractivity contribution in [3.63, 3.8) is 0 Å². The van der Waals surface area contributed by atoms with Gasteiger partial charge in [-0.25, -0.2) is 9.07 Å². The summed E-state index contributed by atoms with van der Waals surface area (Å²) in [6.45, 7) is 3.35. The van der Waals surface area contributed by atoms with E-state index in [9.17, 15) is 14.0 Å². The third-order valence-electron chi connectivity index (χ3n) is 4.50. The molecule has 0 radical (unpaired) electrons. The lowest BCUT2D eigenvalue weighted by molar-refractivity contribution is -0.119. The highest BCUT2D eigenvalue weighted by Crippen LogP contribution is 2.16. The molecule has 7 heteroatoms. The van der Waals surface area contributed by atoms with Gasteiger partial charge in [0.1, 0.15) is 17.6 Å². The lowest BCUT2D eigenvalue weighted by atomic mass is 10.1. The van der Waals surface area contributed by atoms with Crippen LogP contribution < -0.4 is 15.6 Å². The molecule has 0 spiro atoms. The Balaban J connectivity index is 1.87. The molecule has 0 aliphatic heterocycles. The van der Waals surface area contributed by atoms with Crippen molar-refractivity contribution in [1.82, 2.24) is 9.78 Å². The van der Waals surface area contributed by atoms with Crippen molar-refractivity contribution in [2.24, 2.45) is 0 Å². The molecule has 1 aromatic heterocycles. The first-order chi connectivity index (χ1) is 13.9. The van der Waals surface area contributed by atoms with Crippen molar-refractivity contribution < 1.29 is 13.9 Å². The first kappa shape index (κ1) is 20.3. The number of aryl methyl sites for hydroxylation is 1. The molecule has 0 aliphatic rings. The number of ether oxygens (including phenoxy) is 1. The zero-order chi connectivity index (χ0) is 21.0. The smallest absolute Gasteiger partial charge is 0.271 e. The Kier molecular flexibility index (Phi) is 6.07. The van der Waals surface area contributed by atoms with E-state index in [1.54, 1.807) is 33.1 Å². The maximum Gasteiger partial charge on any atom is 0.271 e. The predicted octanol–water partition coefficient (Wildman–Crippen LogP) is 3.49. The average Bonchev–Trinajstić information content (AvgIpc) is 2.70. The third kappa shape index (κ3) is 4.87. The van der Waals surface area contributed by atoms with E-state index in [1.165, 1.54) is 22.9 Å². The minimum atomic E-state index is -0.866. The molecule has 3 aromatic rings. The summed E-state index contributed by atoms with van der Waals surface area (Å²) < 4.78 is 19.7. The first-order valence-corrected chi connectivity index (χ1v) is 9.16. The summed E-state index contributed by atoms with van der Waals surface area (Å²) in [4.78, 5) is 25.6. The summed E-state index contributed by atoms with van der Waals surface area (Å²) in [6, 6.07) is 13.9. The number of nitrogens with zero attached hydrogens (tertiary/aromatic N) is 2.